The highest BCUT2D eigenvalue weighted by Gasteiger charge is 2.30. The minimum atomic E-state index is 0. The fraction of sp³-hybridized carbons (Fsp3) is 0.522. The standard InChI is InChI=1S/C23H31N7.ClH/c1-3-16-8-11-30(18-7-5-4-6-17(16)18)22-20-21(27-28-22)26-19(14-25-20)29-12-9-23(2,15-24)10-13-29;/h4-7,14,16H,3,8-13,15,24H2,1-2H3,(H,26,27,28);1H/t16-;/m1./s1. The Morgan fingerprint density at radius 2 is 1.97 bits per heavy atom. The summed E-state index contributed by atoms with van der Waals surface area (Å²) in [5, 5.41) is 7.77. The molecule has 31 heavy (non-hydrogen) atoms. The highest BCUT2D eigenvalue weighted by Crippen LogP contribution is 2.41. The molecule has 2 aliphatic rings. The van der Waals surface area contributed by atoms with Gasteiger partial charge in [0, 0.05) is 25.3 Å². The van der Waals surface area contributed by atoms with E-state index in [1.807, 2.05) is 6.20 Å². The van der Waals surface area contributed by atoms with E-state index in [1.54, 1.807) is 0 Å². The number of fused-ring (bicyclic) bond motifs is 2. The first-order valence-corrected chi connectivity index (χ1v) is 11.1. The summed E-state index contributed by atoms with van der Waals surface area (Å²) in [6.45, 7) is 8.17. The van der Waals surface area contributed by atoms with Gasteiger partial charge in [0.2, 0.25) is 0 Å². The molecule has 1 atom stereocenters. The van der Waals surface area contributed by atoms with Crippen LogP contribution in [0.2, 0.25) is 0 Å². The van der Waals surface area contributed by atoms with Crippen LogP contribution in [0.5, 0.6) is 0 Å². The van der Waals surface area contributed by atoms with Crippen molar-refractivity contribution < 1.29 is 0 Å². The van der Waals surface area contributed by atoms with E-state index in [1.165, 1.54) is 11.3 Å². The third-order valence-electron chi connectivity index (χ3n) is 7.14. The average Bonchev–Trinajstić information content (AvgIpc) is 3.22. The van der Waals surface area contributed by atoms with Crippen LogP contribution in [0, 0.1) is 5.41 Å². The van der Waals surface area contributed by atoms with Crippen LogP contribution in [0.1, 0.15) is 51.0 Å². The van der Waals surface area contributed by atoms with E-state index < -0.39 is 0 Å². The molecule has 4 heterocycles. The molecule has 0 radical (unpaired) electrons. The number of H-pyrrole nitrogens is 1. The van der Waals surface area contributed by atoms with Gasteiger partial charge in [-0.05, 0) is 55.2 Å². The van der Waals surface area contributed by atoms with Crippen LogP contribution in [0.4, 0.5) is 17.3 Å². The predicted molar refractivity (Wildman–Crippen MR) is 129 cm³/mol. The number of benzene rings is 1. The highest BCUT2D eigenvalue weighted by molar-refractivity contribution is 5.88. The van der Waals surface area contributed by atoms with Crippen molar-refractivity contribution in [2.45, 2.75) is 45.4 Å². The number of aromatic amines is 1. The van der Waals surface area contributed by atoms with Crippen LogP contribution in [0.15, 0.2) is 30.5 Å². The smallest absolute Gasteiger partial charge is 0.183 e. The Bertz CT molecular complexity index is 1040. The molecule has 0 spiro atoms. The summed E-state index contributed by atoms with van der Waals surface area (Å²) in [6, 6.07) is 8.68. The molecule has 1 aromatic carbocycles. The fourth-order valence-electron chi connectivity index (χ4n) is 4.88. The number of anilines is 3. The van der Waals surface area contributed by atoms with E-state index in [-0.39, 0.29) is 17.8 Å². The molecule has 1 fully saturated rings. The van der Waals surface area contributed by atoms with Gasteiger partial charge < -0.3 is 15.5 Å². The van der Waals surface area contributed by atoms with E-state index in [0.29, 0.717) is 5.92 Å². The van der Waals surface area contributed by atoms with Crippen molar-refractivity contribution in [3.63, 3.8) is 0 Å². The Balaban J connectivity index is 0.00000231. The summed E-state index contributed by atoms with van der Waals surface area (Å²) in [5.74, 6) is 2.40. The van der Waals surface area contributed by atoms with Crippen LogP contribution in [0.25, 0.3) is 11.2 Å². The lowest BCUT2D eigenvalue weighted by Crippen LogP contribution is -2.42. The number of halogens is 1. The molecule has 2 aromatic heterocycles. The van der Waals surface area contributed by atoms with Gasteiger partial charge in [-0.15, -0.1) is 12.4 Å². The van der Waals surface area contributed by atoms with E-state index in [4.69, 9.17) is 15.7 Å². The number of para-hydroxylation sites is 1. The van der Waals surface area contributed by atoms with Gasteiger partial charge in [0.25, 0.3) is 0 Å². The third-order valence-corrected chi connectivity index (χ3v) is 7.14. The Morgan fingerprint density at radius 3 is 2.71 bits per heavy atom. The molecule has 166 valence electrons. The van der Waals surface area contributed by atoms with Crippen molar-refractivity contribution in [1.29, 1.82) is 0 Å². The molecular formula is C23H32ClN7. The number of hydrogen-bond donors (Lipinski definition) is 2. The Kier molecular flexibility index (Phi) is 6.08. The number of aromatic nitrogens is 4. The molecule has 0 unspecified atom stereocenters. The molecule has 0 saturated carbocycles. The van der Waals surface area contributed by atoms with Crippen LogP contribution in [0.3, 0.4) is 0 Å². The SMILES string of the molecule is CC[C@@H]1CCN(c2n[nH]c3nc(N4CCC(C)(CN)CC4)cnc23)c2ccccc21.Cl. The summed E-state index contributed by atoms with van der Waals surface area (Å²) in [5.41, 5.74) is 10.4. The van der Waals surface area contributed by atoms with Crippen molar-refractivity contribution in [2.75, 3.05) is 36.0 Å². The van der Waals surface area contributed by atoms with Gasteiger partial charge in [0.1, 0.15) is 5.82 Å². The van der Waals surface area contributed by atoms with E-state index in [0.717, 1.165) is 74.7 Å². The Labute approximate surface area is 189 Å². The third kappa shape index (κ3) is 3.85. The molecule has 0 amide bonds. The molecule has 0 bridgehead atoms. The van der Waals surface area contributed by atoms with Gasteiger partial charge in [0.05, 0.1) is 6.20 Å². The van der Waals surface area contributed by atoms with Crippen molar-refractivity contribution >= 4 is 40.9 Å². The molecule has 8 heteroatoms. The molecule has 3 aromatic rings. The summed E-state index contributed by atoms with van der Waals surface area (Å²) in [6.07, 6.45) is 6.35. The lowest BCUT2D eigenvalue weighted by atomic mass is 9.80. The number of nitrogens with zero attached hydrogens (tertiary/aromatic N) is 5. The molecule has 1 saturated heterocycles. The lowest BCUT2D eigenvalue weighted by Gasteiger charge is -2.39. The molecule has 0 aliphatic carbocycles. The van der Waals surface area contributed by atoms with Crippen LogP contribution in [-0.2, 0) is 0 Å². The summed E-state index contributed by atoms with van der Waals surface area (Å²) >= 11 is 0. The Morgan fingerprint density at radius 1 is 1.19 bits per heavy atom. The van der Waals surface area contributed by atoms with Crippen LogP contribution < -0.4 is 15.5 Å². The monoisotopic (exact) mass is 441 g/mol. The van der Waals surface area contributed by atoms with Gasteiger partial charge in [0.15, 0.2) is 17.0 Å². The molecule has 2 aliphatic heterocycles. The summed E-state index contributed by atoms with van der Waals surface area (Å²) in [7, 11) is 0. The van der Waals surface area contributed by atoms with Crippen LogP contribution in [-0.4, -0.2) is 46.3 Å². The highest BCUT2D eigenvalue weighted by atomic mass is 35.5. The number of nitrogens with two attached hydrogens (primary N) is 1. The zero-order chi connectivity index (χ0) is 20.7. The van der Waals surface area contributed by atoms with Gasteiger partial charge in [-0.25, -0.2) is 9.97 Å². The quantitative estimate of drug-likeness (QED) is 0.624. The summed E-state index contributed by atoms with van der Waals surface area (Å²) < 4.78 is 0. The minimum absolute atomic E-state index is 0. The maximum atomic E-state index is 5.96. The molecule has 7 nitrogen and oxygen atoms in total. The molecular weight excluding hydrogens is 410 g/mol. The first kappa shape index (κ1) is 21.8. The normalized spacial score (nSPS) is 20.4. The van der Waals surface area contributed by atoms with Crippen molar-refractivity contribution in [1.82, 2.24) is 20.2 Å². The average molecular weight is 442 g/mol. The van der Waals surface area contributed by atoms with E-state index in [2.05, 4.69) is 58.1 Å². The van der Waals surface area contributed by atoms with Crippen molar-refractivity contribution in [3.8, 4) is 0 Å². The number of rotatable bonds is 4. The second-order valence-electron chi connectivity index (χ2n) is 9.08. The zero-order valence-corrected chi connectivity index (χ0v) is 19.2. The van der Waals surface area contributed by atoms with Crippen molar-refractivity contribution in [2.24, 2.45) is 11.1 Å². The number of hydrogen-bond acceptors (Lipinski definition) is 6. The second-order valence-corrected chi connectivity index (χ2v) is 9.08. The fourth-order valence-corrected chi connectivity index (χ4v) is 4.88. The predicted octanol–water partition coefficient (Wildman–Crippen LogP) is 4.38. The second kappa shape index (κ2) is 8.63. The van der Waals surface area contributed by atoms with Crippen molar-refractivity contribution in [3.05, 3.63) is 36.0 Å². The lowest BCUT2D eigenvalue weighted by molar-refractivity contribution is 0.258. The van der Waals surface area contributed by atoms with E-state index >= 15 is 0 Å². The largest absolute Gasteiger partial charge is 0.355 e. The van der Waals surface area contributed by atoms with E-state index in [9.17, 15) is 0 Å². The topological polar surface area (TPSA) is 87.0 Å². The van der Waals surface area contributed by atoms with Gasteiger partial charge >= 0.3 is 0 Å². The Hall–Kier alpha value is -2.38. The van der Waals surface area contributed by atoms with Crippen LogP contribution >= 0.6 is 12.4 Å². The first-order chi connectivity index (χ1) is 14.6. The van der Waals surface area contributed by atoms with Gasteiger partial charge in [-0.3, -0.25) is 5.10 Å². The molecule has 5 rings (SSSR count). The van der Waals surface area contributed by atoms with Gasteiger partial charge in [-0.2, -0.15) is 5.10 Å². The zero-order valence-electron chi connectivity index (χ0n) is 18.3. The number of piperidine rings is 1. The maximum Gasteiger partial charge on any atom is 0.183 e. The molecule has 3 N–H and O–H groups in total. The number of nitrogens with one attached hydrogen (secondary N) is 1. The minimum Gasteiger partial charge on any atom is -0.355 e. The van der Waals surface area contributed by atoms with Gasteiger partial charge in [-0.1, -0.05) is 32.0 Å². The summed E-state index contributed by atoms with van der Waals surface area (Å²) in [4.78, 5) is 14.3. The maximum absolute atomic E-state index is 5.96. The first-order valence-electron chi connectivity index (χ1n) is 11.1.